The highest BCUT2D eigenvalue weighted by molar-refractivity contribution is 5.81. The van der Waals surface area contributed by atoms with Crippen molar-refractivity contribution in [3.8, 4) is 0 Å². The summed E-state index contributed by atoms with van der Waals surface area (Å²) in [6.07, 6.45) is 5.62. The fraction of sp³-hybridized carbons (Fsp3) is 0.900. The molecule has 0 aromatic carbocycles. The first-order valence-corrected chi connectivity index (χ1v) is 4.78. The number of unbranched alkanes of at least 4 members (excludes halogenated alkanes) is 1. The molecule has 1 unspecified atom stereocenters. The molecular formula is C10H18O. The van der Waals surface area contributed by atoms with Crippen LogP contribution < -0.4 is 0 Å². The van der Waals surface area contributed by atoms with E-state index in [2.05, 4.69) is 13.8 Å². The molecule has 0 amide bonds. The van der Waals surface area contributed by atoms with Gasteiger partial charge in [-0.1, -0.05) is 20.3 Å². The standard InChI is InChI=1S/C10H18O/c1-3-4-5-10(11)8(2)9-6-7-9/h8-9H,3-7H2,1-2H3. The van der Waals surface area contributed by atoms with Gasteiger partial charge in [-0.2, -0.15) is 0 Å². The predicted molar refractivity (Wildman–Crippen MR) is 46.4 cm³/mol. The normalized spacial score (nSPS) is 19.8. The number of ketones is 1. The Morgan fingerprint density at radius 2 is 2.18 bits per heavy atom. The second-order valence-electron chi connectivity index (χ2n) is 3.70. The van der Waals surface area contributed by atoms with Gasteiger partial charge < -0.3 is 0 Å². The van der Waals surface area contributed by atoms with Gasteiger partial charge >= 0.3 is 0 Å². The number of carbonyl (C=O) groups excluding carboxylic acids is 1. The van der Waals surface area contributed by atoms with Crippen molar-refractivity contribution >= 4 is 5.78 Å². The molecule has 0 radical (unpaired) electrons. The average Bonchev–Trinajstić information content (AvgIpc) is 2.81. The van der Waals surface area contributed by atoms with Crippen LogP contribution in [-0.2, 0) is 4.79 Å². The smallest absolute Gasteiger partial charge is 0.135 e. The first-order valence-electron chi connectivity index (χ1n) is 4.78. The maximum absolute atomic E-state index is 11.4. The van der Waals surface area contributed by atoms with Crippen LogP contribution in [-0.4, -0.2) is 5.78 Å². The van der Waals surface area contributed by atoms with Crippen LogP contribution >= 0.6 is 0 Å². The molecule has 0 spiro atoms. The van der Waals surface area contributed by atoms with Gasteiger partial charge in [-0.15, -0.1) is 0 Å². The minimum absolute atomic E-state index is 0.363. The van der Waals surface area contributed by atoms with Crippen molar-refractivity contribution in [2.24, 2.45) is 11.8 Å². The van der Waals surface area contributed by atoms with E-state index >= 15 is 0 Å². The van der Waals surface area contributed by atoms with Crippen molar-refractivity contribution in [2.75, 3.05) is 0 Å². The summed E-state index contributed by atoms with van der Waals surface area (Å²) in [7, 11) is 0. The fourth-order valence-corrected chi connectivity index (χ4v) is 1.44. The molecule has 1 aliphatic carbocycles. The lowest BCUT2D eigenvalue weighted by molar-refractivity contribution is -0.123. The third kappa shape index (κ3) is 2.64. The first-order chi connectivity index (χ1) is 5.25. The Labute approximate surface area is 69.2 Å². The summed E-state index contributed by atoms with van der Waals surface area (Å²) in [6, 6.07) is 0. The van der Waals surface area contributed by atoms with E-state index in [1.807, 2.05) is 0 Å². The summed E-state index contributed by atoms with van der Waals surface area (Å²) in [4.78, 5) is 11.4. The number of hydrogen-bond donors (Lipinski definition) is 0. The number of carbonyl (C=O) groups is 1. The van der Waals surface area contributed by atoms with Crippen LogP contribution in [0, 0.1) is 11.8 Å². The van der Waals surface area contributed by atoms with Crippen LogP contribution in [0.1, 0.15) is 46.0 Å². The van der Waals surface area contributed by atoms with Crippen molar-refractivity contribution < 1.29 is 4.79 Å². The Bertz CT molecular complexity index is 136. The van der Waals surface area contributed by atoms with Gasteiger partial charge in [-0.05, 0) is 25.2 Å². The summed E-state index contributed by atoms with van der Waals surface area (Å²) in [5.41, 5.74) is 0. The predicted octanol–water partition coefficient (Wildman–Crippen LogP) is 2.79. The monoisotopic (exact) mass is 154 g/mol. The Kier molecular flexibility index (Phi) is 3.10. The van der Waals surface area contributed by atoms with E-state index in [1.54, 1.807) is 0 Å². The lowest BCUT2D eigenvalue weighted by Gasteiger charge is -2.06. The third-order valence-corrected chi connectivity index (χ3v) is 2.61. The zero-order chi connectivity index (χ0) is 8.27. The van der Waals surface area contributed by atoms with Gasteiger partial charge in [0.05, 0.1) is 0 Å². The number of Topliss-reactive ketones (excluding diaryl/α,β-unsaturated/α-hetero) is 1. The number of rotatable bonds is 5. The van der Waals surface area contributed by atoms with Crippen molar-refractivity contribution in [3.63, 3.8) is 0 Å². The van der Waals surface area contributed by atoms with E-state index in [0.717, 1.165) is 25.2 Å². The Morgan fingerprint density at radius 1 is 1.55 bits per heavy atom. The van der Waals surface area contributed by atoms with E-state index < -0.39 is 0 Å². The van der Waals surface area contributed by atoms with Crippen LogP contribution in [0.3, 0.4) is 0 Å². The van der Waals surface area contributed by atoms with Crippen LogP contribution in [0.4, 0.5) is 0 Å². The SMILES string of the molecule is CCCCC(=O)C(C)C1CC1. The van der Waals surface area contributed by atoms with Crippen molar-refractivity contribution in [1.82, 2.24) is 0 Å². The van der Waals surface area contributed by atoms with Crippen LogP contribution in [0.15, 0.2) is 0 Å². The van der Waals surface area contributed by atoms with Crippen molar-refractivity contribution in [3.05, 3.63) is 0 Å². The quantitative estimate of drug-likeness (QED) is 0.595. The van der Waals surface area contributed by atoms with Crippen LogP contribution in [0.25, 0.3) is 0 Å². The molecule has 0 heterocycles. The molecule has 0 N–H and O–H groups in total. The van der Waals surface area contributed by atoms with E-state index in [-0.39, 0.29) is 0 Å². The molecular weight excluding hydrogens is 136 g/mol. The molecule has 0 aliphatic heterocycles. The maximum atomic E-state index is 11.4. The van der Waals surface area contributed by atoms with Gasteiger partial charge in [0.15, 0.2) is 0 Å². The average molecular weight is 154 g/mol. The molecule has 0 bridgehead atoms. The zero-order valence-corrected chi connectivity index (χ0v) is 7.60. The molecule has 1 saturated carbocycles. The van der Waals surface area contributed by atoms with Crippen molar-refractivity contribution in [1.29, 1.82) is 0 Å². The number of hydrogen-bond acceptors (Lipinski definition) is 1. The highest BCUT2D eigenvalue weighted by atomic mass is 16.1. The highest BCUT2D eigenvalue weighted by Gasteiger charge is 2.31. The van der Waals surface area contributed by atoms with E-state index in [1.165, 1.54) is 12.8 Å². The third-order valence-electron chi connectivity index (χ3n) is 2.61. The second-order valence-corrected chi connectivity index (χ2v) is 3.70. The highest BCUT2D eigenvalue weighted by Crippen LogP contribution is 2.37. The molecule has 0 saturated heterocycles. The van der Waals surface area contributed by atoms with E-state index in [4.69, 9.17) is 0 Å². The van der Waals surface area contributed by atoms with Gasteiger partial charge in [0.25, 0.3) is 0 Å². The van der Waals surface area contributed by atoms with Gasteiger partial charge in [-0.25, -0.2) is 0 Å². The minimum Gasteiger partial charge on any atom is -0.299 e. The van der Waals surface area contributed by atoms with Gasteiger partial charge in [0.2, 0.25) is 0 Å². The lowest BCUT2D eigenvalue weighted by atomic mass is 9.97. The topological polar surface area (TPSA) is 17.1 Å². The summed E-state index contributed by atoms with van der Waals surface area (Å²) >= 11 is 0. The molecule has 1 fully saturated rings. The molecule has 1 rings (SSSR count). The fourth-order valence-electron chi connectivity index (χ4n) is 1.44. The molecule has 0 aromatic heterocycles. The largest absolute Gasteiger partial charge is 0.299 e. The van der Waals surface area contributed by atoms with Gasteiger partial charge in [0.1, 0.15) is 5.78 Å². The van der Waals surface area contributed by atoms with Crippen molar-refractivity contribution in [2.45, 2.75) is 46.0 Å². The molecule has 1 atom stereocenters. The minimum atomic E-state index is 0.363. The zero-order valence-electron chi connectivity index (χ0n) is 7.60. The Morgan fingerprint density at radius 3 is 2.64 bits per heavy atom. The first kappa shape index (κ1) is 8.76. The van der Waals surface area contributed by atoms with Gasteiger partial charge in [-0.3, -0.25) is 4.79 Å². The molecule has 11 heavy (non-hydrogen) atoms. The Balaban J connectivity index is 2.16. The summed E-state index contributed by atoms with van der Waals surface area (Å²) < 4.78 is 0. The molecule has 0 aromatic rings. The summed E-state index contributed by atoms with van der Waals surface area (Å²) in [6.45, 7) is 4.23. The molecule has 1 heteroatoms. The Hall–Kier alpha value is -0.330. The summed E-state index contributed by atoms with van der Waals surface area (Å²) in [5.74, 6) is 1.61. The summed E-state index contributed by atoms with van der Waals surface area (Å²) in [5, 5.41) is 0. The molecule has 1 nitrogen and oxygen atoms in total. The van der Waals surface area contributed by atoms with E-state index in [9.17, 15) is 4.79 Å². The van der Waals surface area contributed by atoms with E-state index in [0.29, 0.717) is 11.7 Å². The van der Waals surface area contributed by atoms with Crippen LogP contribution in [0.5, 0.6) is 0 Å². The maximum Gasteiger partial charge on any atom is 0.135 e. The van der Waals surface area contributed by atoms with Crippen LogP contribution in [0.2, 0.25) is 0 Å². The molecule has 64 valence electrons. The molecule has 1 aliphatic rings. The lowest BCUT2D eigenvalue weighted by Crippen LogP contribution is -2.12. The second kappa shape index (κ2) is 3.89. The van der Waals surface area contributed by atoms with Gasteiger partial charge in [0, 0.05) is 12.3 Å².